The van der Waals surface area contributed by atoms with Gasteiger partial charge in [0.2, 0.25) is 17.7 Å². The van der Waals surface area contributed by atoms with Gasteiger partial charge in [-0.1, -0.05) is 47.1 Å². The Balaban J connectivity index is 2.06. The van der Waals surface area contributed by atoms with Crippen LogP contribution in [0.3, 0.4) is 0 Å². The smallest absolute Gasteiger partial charge is 0.325 e. The second kappa shape index (κ2) is 15.5. The van der Waals surface area contributed by atoms with Crippen molar-refractivity contribution in [3.05, 3.63) is 12.7 Å². The van der Waals surface area contributed by atoms with Crippen LogP contribution in [0, 0.1) is 17.3 Å². The molecule has 12 nitrogen and oxygen atoms in total. The van der Waals surface area contributed by atoms with Crippen LogP contribution in [0.4, 0.5) is 4.79 Å². The van der Waals surface area contributed by atoms with Gasteiger partial charge in [-0.25, -0.2) is 4.79 Å². The minimum absolute atomic E-state index is 0.00962. The number of carbonyl (C=O) groups excluding carboxylic acids is 6. The van der Waals surface area contributed by atoms with Crippen LogP contribution in [0.2, 0.25) is 0 Å². The normalized spacial score (nSPS) is 19.9. The first-order chi connectivity index (χ1) is 19.3. The Kier molecular flexibility index (Phi) is 12.8. The van der Waals surface area contributed by atoms with Gasteiger partial charge in [0, 0.05) is 13.1 Å². The van der Waals surface area contributed by atoms with Crippen molar-refractivity contribution in [3.63, 3.8) is 0 Å². The maximum absolute atomic E-state index is 13.8. The number of hydrogen-bond acceptors (Lipinski definition) is 7. The molecule has 1 unspecified atom stereocenters. The highest BCUT2D eigenvalue weighted by atomic mass is 16.5. The van der Waals surface area contributed by atoms with E-state index in [2.05, 4.69) is 27.8 Å². The molecule has 0 spiro atoms. The molecule has 1 aliphatic carbocycles. The predicted octanol–water partition coefficient (Wildman–Crippen LogP) is 1.44. The molecule has 5 amide bonds. The summed E-state index contributed by atoms with van der Waals surface area (Å²) >= 11 is 0. The van der Waals surface area contributed by atoms with Crippen LogP contribution in [-0.2, 0) is 28.7 Å². The molecule has 0 radical (unpaired) electrons. The van der Waals surface area contributed by atoms with E-state index in [0.717, 1.165) is 12.8 Å². The number of likely N-dealkylation sites (tertiary alicyclic amines) is 1. The molecule has 0 aromatic rings. The number of ketones is 1. The average molecular weight is 578 g/mol. The maximum atomic E-state index is 13.8. The standard InChI is InChI=1S/C29H47N5O7/c1-7-9-20(22(35)14-23(36)30-12-8-2)32-26(38)21-13-18(3)16-34(21)27(39)25(29(4,5)6)33-28(40)31-15-24(37)41-17-19-10-11-19/h8,18-21,25H,2,7,9-17H2,1,3-6H3,(H,30,36)(H,32,38)(H2,31,33,40)/t18-,20?,21+,25-/m1/s1. The number of Topliss-reactive ketones (excluding diaryl/α,β-unsaturated/α-hetero) is 1. The van der Waals surface area contributed by atoms with E-state index in [9.17, 15) is 28.8 Å². The molecular formula is C29H47N5O7. The number of rotatable bonds is 15. The van der Waals surface area contributed by atoms with Crippen molar-refractivity contribution < 1.29 is 33.5 Å². The molecule has 0 bridgehead atoms. The summed E-state index contributed by atoms with van der Waals surface area (Å²) in [6.45, 7) is 13.3. The van der Waals surface area contributed by atoms with Crippen molar-refractivity contribution in [2.75, 3.05) is 26.2 Å². The lowest BCUT2D eigenvalue weighted by molar-refractivity contribution is -0.142. The van der Waals surface area contributed by atoms with Crippen LogP contribution in [0.5, 0.6) is 0 Å². The predicted molar refractivity (Wildman–Crippen MR) is 152 cm³/mol. The van der Waals surface area contributed by atoms with Gasteiger partial charge in [0.05, 0.1) is 19.1 Å². The van der Waals surface area contributed by atoms with E-state index < -0.39 is 59.0 Å². The van der Waals surface area contributed by atoms with Crippen molar-refractivity contribution >= 4 is 35.5 Å². The summed E-state index contributed by atoms with van der Waals surface area (Å²) in [6.07, 6.45) is 4.55. The summed E-state index contributed by atoms with van der Waals surface area (Å²) in [5, 5.41) is 10.4. The summed E-state index contributed by atoms with van der Waals surface area (Å²) in [4.78, 5) is 78.1. The van der Waals surface area contributed by atoms with Gasteiger partial charge >= 0.3 is 12.0 Å². The Morgan fingerprint density at radius 1 is 1.07 bits per heavy atom. The minimum Gasteiger partial charge on any atom is -0.464 e. The largest absolute Gasteiger partial charge is 0.464 e. The Labute approximate surface area is 242 Å². The molecule has 1 saturated heterocycles. The molecule has 1 heterocycles. The fraction of sp³-hybridized carbons (Fsp3) is 0.724. The number of nitrogens with zero attached hydrogens (tertiary/aromatic N) is 1. The number of hydrogen-bond donors (Lipinski definition) is 4. The van der Waals surface area contributed by atoms with Crippen LogP contribution >= 0.6 is 0 Å². The summed E-state index contributed by atoms with van der Waals surface area (Å²) in [7, 11) is 0. The summed E-state index contributed by atoms with van der Waals surface area (Å²) in [5.41, 5.74) is -0.715. The van der Waals surface area contributed by atoms with E-state index in [-0.39, 0.29) is 25.4 Å². The van der Waals surface area contributed by atoms with E-state index in [0.29, 0.717) is 38.3 Å². The molecule has 230 valence electrons. The highest BCUT2D eigenvalue weighted by molar-refractivity contribution is 6.02. The van der Waals surface area contributed by atoms with Crippen LogP contribution in [0.15, 0.2) is 12.7 Å². The molecule has 12 heteroatoms. The van der Waals surface area contributed by atoms with Gasteiger partial charge in [-0.2, -0.15) is 0 Å². The number of ether oxygens (including phenoxy) is 1. The third-order valence-electron chi connectivity index (χ3n) is 7.12. The molecule has 2 rings (SSSR count). The molecule has 4 atom stereocenters. The lowest BCUT2D eigenvalue weighted by atomic mass is 9.85. The Morgan fingerprint density at radius 2 is 1.76 bits per heavy atom. The second-order valence-electron chi connectivity index (χ2n) is 12.2. The third kappa shape index (κ3) is 11.2. The first kappa shape index (κ1) is 33.8. The lowest BCUT2D eigenvalue weighted by Crippen LogP contribution is -2.60. The molecule has 4 N–H and O–H groups in total. The second-order valence-corrected chi connectivity index (χ2v) is 12.2. The van der Waals surface area contributed by atoms with Crippen LogP contribution in [0.25, 0.3) is 0 Å². The van der Waals surface area contributed by atoms with Crippen molar-refractivity contribution in [2.24, 2.45) is 17.3 Å². The van der Waals surface area contributed by atoms with Gasteiger partial charge in [0.25, 0.3) is 0 Å². The molecule has 0 aromatic heterocycles. The van der Waals surface area contributed by atoms with Gasteiger partial charge < -0.3 is 30.9 Å². The Morgan fingerprint density at radius 3 is 2.34 bits per heavy atom. The first-order valence-corrected chi connectivity index (χ1v) is 14.5. The topological polar surface area (TPSA) is 163 Å². The Bertz CT molecular complexity index is 989. The summed E-state index contributed by atoms with van der Waals surface area (Å²) < 4.78 is 5.12. The maximum Gasteiger partial charge on any atom is 0.325 e. The molecule has 2 aliphatic rings. The van der Waals surface area contributed by atoms with Crippen molar-refractivity contribution in [1.82, 2.24) is 26.2 Å². The molecule has 1 saturated carbocycles. The van der Waals surface area contributed by atoms with E-state index in [1.165, 1.54) is 11.0 Å². The van der Waals surface area contributed by atoms with Crippen molar-refractivity contribution in [2.45, 2.75) is 91.3 Å². The summed E-state index contributed by atoms with van der Waals surface area (Å²) in [5.74, 6) is -1.91. The van der Waals surface area contributed by atoms with Crippen LogP contribution < -0.4 is 21.3 Å². The van der Waals surface area contributed by atoms with Gasteiger partial charge in [-0.3, -0.25) is 24.0 Å². The molecule has 41 heavy (non-hydrogen) atoms. The van der Waals surface area contributed by atoms with Crippen molar-refractivity contribution in [1.29, 1.82) is 0 Å². The summed E-state index contributed by atoms with van der Waals surface area (Å²) in [6, 6.07) is -3.39. The first-order valence-electron chi connectivity index (χ1n) is 14.5. The van der Waals surface area contributed by atoms with E-state index in [4.69, 9.17) is 4.74 Å². The third-order valence-corrected chi connectivity index (χ3v) is 7.12. The molecule has 1 aliphatic heterocycles. The molecule has 0 aromatic carbocycles. The highest BCUT2D eigenvalue weighted by Gasteiger charge is 2.44. The monoisotopic (exact) mass is 577 g/mol. The lowest BCUT2D eigenvalue weighted by Gasteiger charge is -2.35. The van der Waals surface area contributed by atoms with Crippen molar-refractivity contribution in [3.8, 4) is 0 Å². The zero-order valence-electron chi connectivity index (χ0n) is 25.0. The number of carbonyl (C=O) groups is 6. The SMILES string of the molecule is C=CCNC(=O)CC(=O)C(CCC)NC(=O)[C@@H]1C[C@@H](C)CN1C(=O)[C@@H](NC(=O)NCC(=O)OCC1CC1)C(C)(C)C. The minimum atomic E-state index is -0.993. The molecule has 2 fully saturated rings. The quantitative estimate of drug-likeness (QED) is 0.130. The number of urea groups is 1. The van der Waals surface area contributed by atoms with E-state index in [1.807, 2.05) is 13.8 Å². The van der Waals surface area contributed by atoms with E-state index in [1.54, 1.807) is 20.8 Å². The van der Waals surface area contributed by atoms with Gasteiger partial charge in [-0.15, -0.1) is 6.58 Å². The van der Waals surface area contributed by atoms with E-state index >= 15 is 0 Å². The number of esters is 1. The fourth-order valence-electron chi connectivity index (χ4n) is 4.63. The molecular weight excluding hydrogens is 530 g/mol. The van der Waals surface area contributed by atoms with Crippen LogP contribution in [-0.4, -0.2) is 84.8 Å². The number of nitrogens with one attached hydrogen (secondary N) is 4. The number of amides is 5. The average Bonchev–Trinajstić information content (AvgIpc) is 3.65. The zero-order chi connectivity index (χ0) is 30.7. The van der Waals surface area contributed by atoms with Gasteiger partial charge in [0.15, 0.2) is 5.78 Å². The Hall–Kier alpha value is -3.44. The zero-order valence-corrected chi connectivity index (χ0v) is 25.0. The van der Waals surface area contributed by atoms with Gasteiger partial charge in [0.1, 0.15) is 18.6 Å². The van der Waals surface area contributed by atoms with Crippen LogP contribution in [0.1, 0.15) is 73.1 Å². The fourth-order valence-corrected chi connectivity index (χ4v) is 4.63. The highest BCUT2D eigenvalue weighted by Crippen LogP contribution is 2.29. The van der Waals surface area contributed by atoms with Gasteiger partial charge in [-0.05, 0) is 42.9 Å².